The molecule has 54 valence electrons. The summed E-state index contributed by atoms with van der Waals surface area (Å²) >= 11 is 0. The van der Waals surface area contributed by atoms with Crippen LogP contribution < -0.4 is 11.1 Å². The number of aliphatic hydroxyl groups is 1. The predicted octanol–water partition coefficient (Wildman–Crippen LogP) is -0.942. The molecule has 4 N–H and O–H groups in total. The maximum Gasteiger partial charge on any atom is 0.0815 e. The second-order valence-corrected chi connectivity index (χ2v) is 2.58. The quantitative estimate of drug-likeness (QED) is 0.396. The van der Waals surface area contributed by atoms with E-state index < -0.39 is 0 Å². The first-order chi connectivity index (χ1) is 4.30. The molecule has 0 aromatic heterocycles. The van der Waals surface area contributed by atoms with Crippen molar-refractivity contribution in [2.75, 3.05) is 13.1 Å². The average molecular weight is 130 g/mol. The van der Waals surface area contributed by atoms with Crippen molar-refractivity contribution >= 4 is 0 Å². The van der Waals surface area contributed by atoms with E-state index in [4.69, 9.17) is 5.73 Å². The highest BCUT2D eigenvalue weighted by Gasteiger charge is 2.16. The van der Waals surface area contributed by atoms with Gasteiger partial charge in [-0.25, -0.2) is 0 Å². The van der Waals surface area contributed by atoms with E-state index in [2.05, 4.69) is 5.32 Å². The summed E-state index contributed by atoms with van der Waals surface area (Å²) in [5, 5.41) is 12.3. The number of nitrogens with one attached hydrogen (secondary N) is 1. The van der Waals surface area contributed by atoms with Gasteiger partial charge in [0.1, 0.15) is 0 Å². The largest absolute Gasteiger partial charge is 0.390 e. The molecule has 3 heteroatoms. The molecule has 0 aliphatic carbocycles. The van der Waals surface area contributed by atoms with Crippen LogP contribution in [0.2, 0.25) is 0 Å². The second-order valence-electron chi connectivity index (χ2n) is 2.58. The molecule has 1 rings (SSSR count). The predicted molar refractivity (Wildman–Crippen MR) is 36.1 cm³/mol. The Labute approximate surface area is 55.2 Å². The fourth-order valence-corrected chi connectivity index (χ4v) is 1.06. The Balaban J connectivity index is 2.32. The Morgan fingerprint density at radius 2 is 2.33 bits per heavy atom. The summed E-state index contributed by atoms with van der Waals surface area (Å²) in [5.41, 5.74) is 5.59. The summed E-state index contributed by atoms with van der Waals surface area (Å²) in [6.45, 7) is 1.64. The molecule has 0 aromatic carbocycles. The second kappa shape index (κ2) is 3.15. The monoisotopic (exact) mass is 130 g/mol. The van der Waals surface area contributed by atoms with Crippen LogP contribution >= 0.6 is 0 Å². The Morgan fingerprint density at radius 3 is 3.11 bits per heavy atom. The smallest absolute Gasteiger partial charge is 0.0815 e. The number of β-amino-alcohol motifs (C(OH)–C–C–N with tert-alkyl or cyclic N) is 1. The number of nitrogens with two attached hydrogens (primary N) is 1. The molecule has 1 heterocycles. The molecule has 0 radical (unpaired) electrons. The van der Waals surface area contributed by atoms with E-state index in [0.717, 1.165) is 19.4 Å². The van der Waals surface area contributed by atoms with Crippen molar-refractivity contribution in [2.45, 2.75) is 25.0 Å². The van der Waals surface area contributed by atoms with Gasteiger partial charge in [0.05, 0.1) is 6.10 Å². The Bertz CT molecular complexity index is 77.1. The lowest BCUT2D eigenvalue weighted by Gasteiger charge is -2.13. The summed E-state index contributed by atoms with van der Waals surface area (Å²) in [6, 6.07) is -0.0139. The van der Waals surface area contributed by atoms with Crippen LogP contribution in [0.3, 0.4) is 0 Å². The SMILES string of the molecule is N[C@@H]1CCCNC[C@H]1O. The number of rotatable bonds is 0. The number of hydrogen-bond donors (Lipinski definition) is 3. The van der Waals surface area contributed by atoms with Crippen LogP contribution in [0.5, 0.6) is 0 Å². The molecule has 0 aromatic rings. The normalized spacial score (nSPS) is 38.0. The average Bonchev–Trinajstić information content (AvgIpc) is 1.99. The summed E-state index contributed by atoms with van der Waals surface area (Å²) in [6.07, 6.45) is 1.68. The third kappa shape index (κ3) is 1.93. The molecule has 2 atom stereocenters. The van der Waals surface area contributed by atoms with Crippen molar-refractivity contribution in [2.24, 2.45) is 5.73 Å². The number of aliphatic hydroxyl groups excluding tert-OH is 1. The highest BCUT2D eigenvalue weighted by Crippen LogP contribution is 2.01. The molecule has 9 heavy (non-hydrogen) atoms. The van der Waals surface area contributed by atoms with Crippen molar-refractivity contribution in [1.82, 2.24) is 5.32 Å². The van der Waals surface area contributed by atoms with Gasteiger partial charge in [-0.3, -0.25) is 0 Å². The fourth-order valence-electron chi connectivity index (χ4n) is 1.06. The summed E-state index contributed by atoms with van der Waals surface area (Å²) in [5.74, 6) is 0. The molecule has 1 aliphatic rings. The van der Waals surface area contributed by atoms with Gasteiger partial charge in [0, 0.05) is 12.6 Å². The highest BCUT2D eigenvalue weighted by atomic mass is 16.3. The molecular weight excluding hydrogens is 116 g/mol. The van der Waals surface area contributed by atoms with Gasteiger partial charge in [0.15, 0.2) is 0 Å². The van der Waals surface area contributed by atoms with E-state index in [-0.39, 0.29) is 12.1 Å². The van der Waals surface area contributed by atoms with Gasteiger partial charge in [-0.1, -0.05) is 0 Å². The fraction of sp³-hybridized carbons (Fsp3) is 1.00. The number of hydrogen-bond acceptors (Lipinski definition) is 3. The van der Waals surface area contributed by atoms with Gasteiger partial charge in [-0.15, -0.1) is 0 Å². The first-order valence-corrected chi connectivity index (χ1v) is 3.45. The molecule has 0 bridgehead atoms. The molecule has 0 spiro atoms. The van der Waals surface area contributed by atoms with E-state index in [1.54, 1.807) is 0 Å². The van der Waals surface area contributed by atoms with E-state index in [0.29, 0.717) is 6.54 Å². The van der Waals surface area contributed by atoms with Gasteiger partial charge >= 0.3 is 0 Å². The van der Waals surface area contributed by atoms with Crippen molar-refractivity contribution in [3.63, 3.8) is 0 Å². The Hall–Kier alpha value is -0.120. The molecule has 1 aliphatic heterocycles. The van der Waals surface area contributed by atoms with Crippen LogP contribution in [0, 0.1) is 0 Å². The molecule has 0 saturated carbocycles. The van der Waals surface area contributed by atoms with E-state index in [9.17, 15) is 5.11 Å². The highest BCUT2D eigenvalue weighted by molar-refractivity contribution is 4.77. The molecular formula is C6H14N2O. The maximum absolute atomic E-state index is 9.17. The molecule has 1 fully saturated rings. The van der Waals surface area contributed by atoms with Gasteiger partial charge in [-0.2, -0.15) is 0 Å². The minimum absolute atomic E-state index is 0.0139. The molecule has 0 amide bonds. The van der Waals surface area contributed by atoms with Crippen LogP contribution in [0.4, 0.5) is 0 Å². The standard InChI is InChI=1S/C6H14N2O/c7-5-2-1-3-8-4-6(5)9/h5-6,8-9H,1-4,7H2/t5-,6-/m1/s1. The van der Waals surface area contributed by atoms with Crippen molar-refractivity contribution in [1.29, 1.82) is 0 Å². The van der Waals surface area contributed by atoms with Crippen LogP contribution in [0.15, 0.2) is 0 Å². The zero-order valence-electron chi connectivity index (χ0n) is 5.51. The maximum atomic E-state index is 9.17. The summed E-state index contributed by atoms with van der Waals surface area (Å²) < 4.78 is 0. The van der Waals surface area contributed by atoms with Crippen LogP contribution in [0.1, 0.15) is 12.8 Å². The van der Waals surface area contributed by atoms with Crippen LogP contribution in [-0.4, -0.2) is 30.3 Å². The first-order valence-electron chi connectivity index (χ1n) is 3.45. The first kappa shape index (κ1) is 6.99. The molecule has 1 saturated heterocycles. The van der Waals surface area contributed by atoms with E-state index in [1.165, 1.54) is 0 Å². The van der Waals surface area contributed by atoms with Gasteiger partial charge in [0.2, 0.25) is 0 Å². The minimum atomic E-state index is -0.340. The van der Waals surface area contributed by atoms with E-state index >= 15 is 0 Å². The van der Waals surface area contributed by atoms with Crippen LogP contribution in [0.25, 0.3) is 0 Å². The van der Waals surface area contributed by atoms with Crippen LogP contribution in [-0.2, 0) is 0 Å². The topological polar surface area (TPSA) is 58.3 Å². The van der Waals surface area contributed by atoms with Crippen molar-refractivity contribution in [3.05, 3.63) is 0 Å². The lowest BCUT2D eigenvalue weighted by Crippen LogP contribution is -2.38. The van der Waals surface area contributed by atoms with Gasteiger partial charge in [0.25, 0.3) is 0 Å². The van der Waals surface area contributed by atoms with Gasteiger partial charge in [-0.05, 0) is 19.4 Å². The molecule has 3 nitrogen and oxygen atoms in total. The zero-order chi connectivity index (χ0) is 6.69. The van der Waals surface area contributed by atoms with E-state index in [1.807, 2.05) is 0 Å². The lowest BCUT2D eigenvalue weighted by molar-refractivity contribution is 0.148. The molecule has 0 unspecified atom stereocenters. The third-order valence-corrected chi connectivity index (χ3v) is 1.74. The lowest BCUT2D eigenvalue weighted by atomic mass is 10.1. The minimum Gasteiger partial charge on any atom is -0.390 e. The Morgan fingerprint density at radius 1 is 1.56 bits per heavy atom. The third-order valence-electron chi connectivity index (χ3n) is 1.74. The summed E-state index contributed by atoms with van der Waals surface area (Å²) in [7, 11) is 0. The van der Waals surface area contributed by atoms with Crippen molar-refractivity contribution in [3.8, 4) is 0 Å². The zero-order valence-corrected chi connectivity index (χ0v) is 5.51. The van der Waals surface area contributed by atoms with Gasteiger partial charge < -0.3 is 16.2 Å². The Kier molecular flexibility index (Phi) is 2.45. The van der Waals surface area contributed by atoms with Crippen molar-refractivity contribution < 1.29 is 5.11 Å². The summed E-state index contributed by atoms with van der Waals surface area (Å²) in [4.78, 5) is 0.